The molecular formula is C35H33N. The Morgan fingerprint density at radius 1 is 0.611 bits per heavy atom. The molecule has 1 heteroatoms. The van der Waals surface area contributed by atoms with E-state index in [1.165, 1.54) is 55.3 Å². The average Bonchev–Trinajstić information content (AvgIpc) is 2.89. The summed E-state index contributed by atoms with van der Waals surface area (Å²) in [5, 5.41) is 2.60. The second-order valence-electron chi connectivity index (χ2n) is 11.2. The minimum atomic E-state index is 0.0532. The fourth-order valence-corrected chi connectivity index (χ4v) is 5.54. The lowest BCUT2D eigenvalue weighted by Gasteiger charge is -2.23. The van der Waals surface area contributed by atoms with Crippen molar-refractivity contribution in [3.8, 4) is 22.4 Å². The van der Waals surface area contributed by atoms with Crippen LogP contribution in [0.25, 0.3) is 33.2 Å². The SMILES string of the molecule is CC(C)(C)c1cc(-c2cc(-c3cc4ccc3CCc3ccc(cc3)CC4)ccn2)cc2ccccc12. The monoisotopic (exact) mass is 467 g/mol. The first kappa shape index (κ1) is 22.7. The van der Waals surface area contributed by atoms with Gasteiger partial charge in [0, 0.05) is 11.8 Å². The highest BCUT2D eigenvalue weighted by Gasteiger charge is 2.19. The van der Waals surface area contributed by atoms with Gasteiger partial charge in [0.2, 0.25) is 0 Å². The molecule has 9 rings (SSSR count). The summed E-state index contributed by atoms with van der Waals surface area (Å²) in [6, 6.07) is 34.1. The summed E-state index contributed by atoms with van der Waals surface area (Å²) in [5.74, 6) is 0. The Hall–Kier alpha value is -3.71. The number of aryl methyl sites for hydroxylation is 4. The van der Waals surface area contributed by atoms with Gasteiger partial charge in [-0.2, -0.15) is 0 Å². The van der Waals surface area contributed by atoms with Gasteiger partial charge in [-0.1, -0.05) is 87.5 Å². The van der Waals surface area contributed by atoms with Crippen molar-refractivity contribution in [1.29, 1.82) is 0 Å². The summed E-state index contributed by atoms with van der Waals surface area (Å²) in [7, 11) is 0. The Morgan fingerprint density at radius 3 is 2.08 bits per heavy atom. The van der Waals surface area contributed by atoms with Gasteiger partial charge in [0.15, 0.2) is 0 Å². The molecular weight excluding hydrogens is 434 g/mol. The van der Waals surface area contributed by atoms with Crippen LogP contribution < -0.4 is 0 Å². The molecule has 36 heavy (non-hydrogen) atoms. The Labute approximate surface area is 214 Å². The third-order valence-electron chi connectivity index (χ3n) is 7.62. The number of nitrogens with zero attached hydrogens (tertiary/aromatic N) is 1. The highest BCUT2D eigenvalue weighted by molar-refractivity contribution is 5.91. The Morgan fingerprint density at radius 2 is 1.31 bits per heavy atom. The van der Waals surface area contributed by atoms with Gasteiger partial charge in [-0.05, 0) is 105 Å². The van der Waals surface area contributed by atoms with Crippen molar-refractivity contribution < 1.29 is 0 Å². The third kappa shape index (κ3) is 4.46. The number of fused-ring (bicyclic) bond motifs is 1. The summed E-state index contributed by atoms with van der Waals surface area (Å²) in [6.45, 7) is 6.88. The van der Waals surface area contributed by atoms with E-state index in [1.807, 2.05) is 6.20 Å². The number of hydrogen-bond donors (Lipinski definition) is 0. The smallest absolute Gasteiger partial charge is 0.0708 e. The molecule has 0 saturated heterocycles. The molecule has 4 aromatic carbocycles. The Balaban J connectivity index is 1.45. The van der Waals surface area contributed by atoms with Crippen LogP contribution in [0.1, 0.15) is 48.6 Å². The molecule has 0 amide bonds. The van der Waals surface area contributed by atoms with Gasteiger partial charge < -0.3 is 0 Å². The van der Waals surface area contributed by atoms with Crippen molar-refractivity contribution in [3.63, 3.8) is 0 Å². The quantitative estimate of drug-likeness (QED) is 0.253. The molecule has 0 radical (unpaired) electrons. The van der Waals surface area contributed by atoms with E-state index in [1.54, 1.807) is 0 Å². The average molecular weight is 468 g/mol. The normalized spacial score (nSPS) is 13.5. The fourth-order valence-electron chi connectivity index (χ4n) is 5.54. The summed E-state index contributed by atoms with van der Waals surface area (Å²) >= 11 is 0. The van der Waals surface area contributed by atoms with Crippen LogP contribution in [0.3, 0.4) is 0 Å². The van der Waals surface area contributed by atoms with E-state index in [4.69, 9.17) is 4.98 Å². The molecule has 0 fully saturated rings. The zero-order valence-electron chi connectivity index (χ0n) is 21.5. The molecule has 4 aliphatic carbocycles. The molecule has 0 saturated carbocycles. The van der Waals surface area contributed by atoms with E-state index in [9.17, 15) is 0 Å². The van der Waals surface area contributed by atoms with Crippen LogP contribution in [0.15, 0.2) is 97.2 Å². The zero-order chi connectivity index (χ0) is 24.7. The molecule has 0 spiro atoms. The van der Waals surface area contributed by atoms with Crippen molar-refractivity contribution in [3.05, 3.63) is 125 Å². The molecule has 0 atom stereocenters. The Bertz CT molecular complexity index is 1550. The van der Waals surface area contributed by atoms with E-state index in [-0.39, 0.29) is 5.41 Å². The topological polar surface area (TPSA) is 12.9 Å². The first-order valence-electron chi connectivity index (χ1n) is 13.1. The molecule has 0 aliphatic heterocycles. The maximum atomic E-state index is 4.84. The summed E-state index contributed by atoms with van der Waals surface area (Å²) in [4.78, 5) is 4.84. The summed E-state index contributed by atoms with van der Waals surface area (Å²) < 4.78 is 0. The van der Waals surface area contributed by atoms with Crippen molar-refractivity contribution in [2.45, 2.75) is 51.9 Å². The molecule has 1 nitrogen and oxygen atoms in total. The Kier molecular flexibility index (Phi) is 5.72. The van der Waals surface area contributed by atoms with Crippen LogP contribution >= 0.6 is 0 Å². The number of pyridine rings is 1. The van der Waals surface area contributed by atoms with Gasteiger partial charge >= 0.3 is 0 Å². The van der Waals surface area contributed by atoms with Crippen LogP contribution in [-0.4, -0.2) is 4.98 Å². The molecule has 4 bridgehead atoms. The predicted octanol–water partition coefficient (Wildman–Crippen LogP) is 8.75. The van der Waals surface area contributed by atoms with Crippen molar-refractivity contribution in [2.24, 2.45) is 0 Å². The lowest BCUT2D eigenvalue weighted by Crippen LogP contribution is -2.12. The molecule has 0 N–H and O–H groups in total. The first-order valence-corrected chi connectivity index (χ1v) is 13.1. The molecule has 1 aromatic heterocycles. The molecule has 1 heterocycles. The van der Waals surface area contributed by atoms with Crippen LogP contribution in [0.5, 0.6) is 0 Å². The second kappa shape index (κ2) is 9.06. The second-order valence-corrected chi connectivity index (χ2v) is 11.2. The molecule has 4 aliphatic rings. The minimum Gasteiger partial charge on any atom is -0.256 e. The van der Waals surface area contributed by atoms with E-state index >= 15 is 0 Å². The van der Waals surface area contributed by atoms with Gasteiger partial charge in [0.25, 0.3) is 0 Å². The molecule has 0 unspecified atom stereocenters. The first-order chi connectivity index (χ1) is 17.4. The van der Waals surface area contributed by atoms with Gasteiger partial charge in [-0.3, -0.25) is 4.98 Å². The standard InChI is InChI=1S/C35H33N/c1-35(2,3)33-22-30(21-28-6-4-5-7-31(28)33)34-23-29(18-19-36-34)32-20-26-13-12-24-8-10-25(11-9-24)14-16-27(32)17-15-26/h4-11,15,17-23H,12-14,16H2,1-3H3. The summed E-state index contributed by atoms with van der Waals surface area (Å²) in [6.07, 6.45) is 6.21. The largest absolute Gasteiger partial charge is 0.256 e. The predicted molar refractivity (Wildman–Crippen MR) is 153 cm³/mol. The van der Waals surface area contributed by atoms with Crippen molar-refractivity contribution in [1.82, 2.24) is 4.98 Å². The zero-order valence-corrected chi connectivity index (χ0v) is 21.5. The minimum absolute atomic E-state index is 0.0532. The van der Waals surface area contributed by atoms with E-state index in [0.717, 1.165) is 31.4 Å². The summed E-state index contributed by atoms with van der Waals surface area (Å²) in [5.41, 5.74) is 11.9. The third-order valence-corrected chi connectivity index (χ3v) is 7.62. The van der Waals surface area contributed by atoms with Crippen LogP contribution in [0.2, 0.25) is 0 Å². The number of hydrogen-bond acceptors (Lipinski definition) is 1. The lowest BCUT2D eigenvalue weighted by atomic mass is 9.82. The van der Waals surface area contributed by atoms with Gasteiger partial charge in [0.05, 0.1) is 5.69 Å². The maximum absolute atomic E-state index is 4.84. The number of rotatable bonds is 2. The van der Waals surface area contributed by atoms with E-state index in [0.29, 0.717) is 0 Å². The van der Waals surface area contributed by atoms with Crippen molar-refractivity contribution >= 4 is 10.8 Å². The maximum Gasteiger partial charge on any atom is 0.0708 e. The van der Waals surface area contributed by atoms with Crippen LogP contribution in [-0.2, 0) is 31.1 Å². The highest BCUT2D eigenvalue weighted by atomic mass is 14.7. The van der Waals surface area contributed by atoms with Gasteiger partial charge in [0.1, 0.15) is 0 Å². The number of aromatic nitrogens is 1. The van der Waals surface area contributed by atoms with Crippen LogP contribution in [0.4, 0.5) is 0 Å². The van der Waals surface area contributed by atoms with E-state index in [2.05, 4.69) is 112 Å². The molecule has 178 valence electrons. The lowest BCUT2D eigenvalue weighted by molar-refractivity contribution is 0.596. The molecule has 5 aromatic rings. The van der Waals surface area contributed by atoms with Crippen LogP contribution in [0, 0.1) is 0 Å². The fraction of sp³-hybridized carbons (Fsp3) is 0.229. The van der Waals surface area contributed by atoms with Gasteiger partial charge in [-0.15, -0.1) is 0 Å². The number of benzene rings is 4. The highest BCUT2D eigenvalue weighted by Crippen LogP contribution is 2.36. The van der Waals surface area contributed by atoms with E-state index < -0.39 is 0 Å². The van der Waals surface area contributed by atoms with Crippen molar-refractivity contribution in [2.75, 3.05) is 0 Å². The van der Waals surface area contributed by atoms with Gasteiger partial charge in [-0.25, -0.2) is 0 Å².